The fraction of sp³-hybridized carbons (Fsp3) is 0.348. The summed E-state index contributed by atoms with van der Waals surface area (Å²) in [7, 11) is 0. The first-order valence-corrected chi connectivity index (χ1v) is 10.6. The van der Waals surface area contributed by atoms with Gasteiger partial charge in [0, 0.05) is 24.3 Å². The zero-order valence-corrected chi connectivity index (χ0v) is 17.8. The minimum absolute atomic E-state index is 0.274. The van der Waals surface area contributed by atoms with Gasteiger partial charge in [-0.3, -0.25) is 4.90 Å². The second-order valence-corrected chi connectivity index (χ2v) is 8.06. The molecule has 0 radical (unpaired) electrons. The fourth-order valence-corrected chi connectivity index (χ4v) is 3.80. The summed E-state index contributed by atoms with van der Waals surface area (Å²) in [4.78, 5) is 18.7. The van der Waals surface area contributed by atoms with Crippen molar-refractivity contribution in [3.8, 4) is 11.4 Å². The first-order valence-electron chi connectivity index (χ1n) is 10.6. The summed E-state index contributed by atoms with van der Waals surface area (Å²) in [6, 6.07) is 10.3. The monoisotopic (exact) mass is 441 g/mol. The molecule has 2 aromatic carbocycles. The van der Waals surface area contributed by atoms with Crippen molar-refractivity contribution in [3.05, 3.63) is 65.6 Å². The molecule has 9 heteroatoms. The van der Waals surface area contributed by atoms with Crippen LogP contribution in [0.1, 0.15) is 24.3 Å². The third-order valence-electron chi connectivity index (χ3n) is 5.49. The lowest BCUT2D eigenvalue weighted by molar-refractivity contribution is 0.149. The van der Waals surface area contributed by atoms with E-state index in [9.17, 15) is 13.6 Å². The van der Waals surface area contributed by atoms with Crippen LogP contribution in [0.4, 0.5) is 19.3 Å². The maximum absolute atomic E-state index is 13.8. The van der Waals surface area contributed by atoms with Crippen molar-refractivity contribution >= 4 is 11.7 Å². The lowest BCUT2D eigenvalue weighted by Crippen LogP contribution is -2.41. The summed E-state index contributed by atoms with van der Waals surface area (Å²) in [5.74, 6) is 0.404. The smallest absolute Gasteiger partial charge is 0.319 e. The first-order chi connectivity index (χ1) is 15.5. The molecule has 168 valence electrons. The highest BCUT2D eigenvalue weighted by molar-refractivity contribution is 5.89. The molecule has 2 N–H and O–H groups in total. The molecule has 1 aliphatic rings. The SMILES string of the molecule is Cc1ccc(-c2noc(CN3CCCC(CNC(=O)Nc4cccc(F)c4)C3)n2)cc1F. The average molecular weight is 441 g/mol. The number of carbonyl (C=O) groups excluding carboxylic acids is 1. The lowest BCUT2D eigenvalue weighted by Gasteiger charge is -2.31. The van der Waals surface area contributed by atoms with Gasteiger partial charge in [-0.2, -0.15) is 4.98 Å². The highest BCUT2D eigenvalue weighted by Gasteiger charge is 2.22. The summed E-state index contributed by atoms with van der Waals surface area (Å²) >= 11 is 0. The number of hydrogen-bond acceptors (Lipinski definition) is 5. The highest BCUT2D eigenvalue weighted by atomic mass is 19.1. The van der Waals surface area contributed by atoms with Crippen LogP contribution in [-0.4, -0.2) is 40.7 Å². The molecule has 1 aromatic heterocycles. The number of carbonyl (C=O) groups is 1. The molecule has 3 aromatic rings. The van der Waals surface area contributed by atoms with Gasteiger partial charge >= 0.3 is 6.03 Å². The number of benzene rings is 2. The van der Waals surface area contributed by atoms with Crippen LogP contribution in [0.2, 0.25) is 0 Å². The van der Waals surface area contributed by atoms with Gasteiger partial charge in [0.15, 0.2) is 0 Å². The largest absolute Gasteiger partial charge is 0.338 e. The number of nitrogens with one attached hydrogen (secondary N) is 2. The molecule has 1 atom stereocenters. The van der Waals surface area contributed by atoms with Gasteiger partial charge in [0.25, 0.3) is 0 Å². The van der Waals surface area contributed by atoms with Crippen LogP contribution >= 0.6 is 0 Å². The van der Waals surface area contributed by atoms with Gasteiger partial charge < -0.3 is 15.2 Å². The van der Waals surface area contributed by atoms with E-state index in [1.807, 2.05) is 0 Å². The predicted molar refractivity (Wildman–Crippen MR) is 116 cm³/mol. The summed E-state index contributed by atoms with van der Waals surface area (Å²) in [5.41, 5.74) is 1.55. The predicted octanol–water partition coefficient (Wildman–Crippen LogP) is 4.36. The van der Waals surface area contributed by atoms with Crippen molar-refractivity contribution in [2.24, 2.45) is 5.92 Å². The Morgan fingerprint density at radius 3 is 2.94 bits per heavy atom. The zero-order valence-electron chi connectivity index (χ0n) is 17.8. The van der Waals surface area contributed by atoms with E-state index in [0.717, 1.165) is 25.9 Å². The highest BCUT2D eigenvalue weighted by Crippen LogP contribution is 2.21. The Balaban J connectivity index is 1.27. The second-order valence-electron chi connectivity index (χ2n) is 8.06. The molecule has 0 saturated carbocycles. The summed E-state index contributed by atoms with van der Waals surface area (Å²) in [5, 5.41) is 9.47. The molecule has 1 saturated heterocycles. The van der Waals surface area contributed by atoms with E-state index in [1.54, 1.807) is 31.2 Å². The number of nitrogens with zero attached hydrogens (tertiary/aromatic N) is 3. The molecule has 0 bridgehead atoms. The quantitative estimate of drug-likeness (QED) is 0.594. The van der Waals surface area contributed by atoms with Crippen LogP contribution in [-0.2, 0) is 6.54 Å². The van der Waals surface area contributed by atoms with Crippen molar-refractivity contribution in [3.63, 3.8) is 0 Å². The third-order valence-corrected chi connectivity index (χ3v) is 5.49. The number of rotatable bonds is 6. The minimum atomic E-state index is -0.401. The van der Waals surface area contributed by atoms with Gasteiger partial charge in [-0.1, -0.05) is 23.4 Å². The molecule has 1 aliphatic heterocycles. The number of likely N-dealkylation sites (tertiary alicyclic amines) is 1. The molecule has 2 heterocycles. The van der Waals surface area contributed by atoms with Crippen molar-refractivity contribution in [2.75, 3.05) is 25.0 Å². The third kappa shape index (κ3) is 5.67. The Morgan fingerprint density at radius 2 is 2.12 bits per heavy atom. The Kier molecular flexibility index (Phi) is 6.75. The van der Waals surface area contributed by atoms with Crippen LogP contribution in [0.15, 0.2) is 47.0 Å². The van der Waals surface area contributed by atoms with Crippen LogP contribution in [0.5, 0.6) is 0 Å². The van der Waals surface area contributed by atoms with E-state index in [-0.39, 0.29) is 17.8 Å². The number of hydrogen-bond donors (Lipinski definition) is 2. The summed E-state index contributed by atoms with van der Waals surface area (Å²) in [6.07, 6.45) is 1.98. The van der Waals surface area contributed by atoms with E-state index in [0.29, 0.717) is 41.6 Å². The first kappa shape index (κ1) is 21.9. The van der Waals surface area contributed by atoms with E-state index in [2.05, 4.69) is 25.7 Å². The van der Waals surface area contributed by atoms with Gasteiger partial charge in [0.2, 0.25) is 11.7 Å². The molecule has 32 heavy (non-hydrogen) atoms. The van der Waals surface area contributed by atoms with Crippen LogP contribution in [0.25, 0.3) is 11.4 Å². The van der Waals surface area contributed by atoms with Crippen LogP contribution in [0.3, 0.4) is 0 Å². The normalized spacial score (nSPS) is 16.7. The molecular weight excluding hydrogens is 416 g/mol. The maximum atomic E-state index is 13.8. The number of aryl methyl sites for hydroxylation is 1. The minimum Gasteiger partial charge on any atom is -0.338 e. The molecule has 4 rings (SSSR count). The van der Waals surface area contributed by atoms with Crippen LogP contribution in [0, 0.1) is 24.5 Å². The summed E-state index contributed by atoms with van der Waals surface area (Å²) < 4.78 is 32.4. The van der Waals surface area contributed by atoms with Gasteiger partial charge in [-0.15, -0.1) is 0 Å². The molecule has 2 amide bonds. The molecular formula is C23H25F2N5O2. The van der Waals surface area contributed by atoms with Crippen molar-refractivity contribution < 1.29 is 18.1 Å². The van der Waals surface area contributed by atoms with Gasteiger partial charge in [0.1, 0.15) is 11.6 Å². The second kappa shape index (κ2) is 9.86. The molecule has 1 fully saturated rings. The van der Waals surface area contributed by atoms with Crippen LogP contribution < -0.4 is 10.6 Å². The molecule has 1 unspecified atom stereocenters. The fourth-order valence-electron chi connectivity index (χ4n) is 3.80. The van der Waals surface area contributed by atoms with Crippen molar-refractivity contribution in [2.45, 2.75) is 26.3 Å². The van der Waals surface area contributed by atoms with Gasteiger partial charge in [-0.05, 0) is 62.1 Å². The summed E-state index contributed by atoms with van der Waals surface area (Å²) in [6.45, 7) is 4.37. The number of amides is 2. The van der Waals surface area contributed by atoms with E-state index in [1.165, 1.54) is 18.2 Å². The lowest BCUT2D eigenvalue weighted by atomic mass is 9.98. The standard InChI is InChI=1S/C23H25F2N5O2/c1-15-7-8-17(10-20(15)25)22-28-21(32-29-22)14-30-9-3-4-16(13-30)12-26-23(31)27-19-6-2-5-18(24)11-19/h2,5-8,10-11,16H,3-4,9,12-14H2,1H3,(H2,26,27,31). The number of anilines is 1. The topological polar surface area (TPSA) is 83.3 Å². The van der Waals surface area contributed by atoms with E-state index < -0.39 is 5.82 Å². The zero-order chi connectivity index (χ0) is 22.5. The van der Waals surface area contributed by atoms with E-state index in [4.69, 9.17) is 4.52 Å². The Bertz CT molecular complexity index is 1090. The van der Waals surface area contributed by atoms with Gasteiger partial charge in [0.05, 0.1) is 6.54 Å². The Labute approximate surface area is 184 Å². The number of halogens is 2. The van der Waals surface area contributed by atoms with Crippen molar-refractivity contribution in [1.29, 1.82) is 0 Å². The Morgan fingerprint density at radius 1 is 1.25 bits per heavy atom. The average Bonchev–Trinajstić information content (AvgIpc) is 3.23. The number of urea groups is 1. The maximum Gasteiger partial charge on any atom is 0.319 e. The number of piperidine rings is 1. The van der Waals surface area contributed by atoms with Crippen molar-refractivity contribution in [1.82, 2.24) is 20.4 Å². The molecule has 0 aliphatic carbocycles. The molecule has 7 nitrogen and oxygen atoms in total. The number of aromatic nitrogens is 2. The Hall–Kier alpha value is -3.33. The van der Waals surface area contributed by atoms with Gasteiger partial charge in [-0.25, -0.2) is 13.6 Å². The molecule has 0 spiro atoms. The van der Waals surface area contributed by atoms with E-state index >= 15 is 0 Å².